The van der Waals surface area contributed by atoms with E-state index in [9.17, 15) is 0 Å². The van der Waals surface area contributed by atoms with Gasteiger partial charge in [0.1, 0.15) is 0 Å². The van der Waals surface area contributed by atoms with E-state index in [2.05, 4.69) is 36.0 Å². The van der Waals surface area contributed by atoms with Crippen molar-refractivity contribution in [3.05, 3.63) is 23.8 Å². The van der Waals surface area contributed by atoms with Crippen LogP contribution in [0.15, 0.2) is 28.0 Å². The number of piperidine rings is 1. The molecule has 0 atom stereocenters. The van der Waals surface area contributed by atoms with Crippen LogP contribution < -0.4 is 5.32 Å². The zero-order valence-electron chi connectivity index (χ0n) is 9.95. The molecule has 1 N–H and O–H groups in total. The number of benzene rings is 1. The van der Waals surface area contributed by atoms with E-state index in [0.717, 1.165) is 5.92 Å². The normalized spacial score (nSPS) is 17.6. The third-order valence-electron chi connectivity index (χ3n) is 3.22. The van der Waals surface area contributed by atoms with Crippen LogP contribution in [-0.4, -0.2) is 25.6 Å². The third kappa shape index (κ3) is 2.76. The fourth-order valence-electron chi connectivity index (χ4n) is 2.26. The van der Waals surface area contributed by atoms with E-state index in [4.69, 9.17) is 0 Å². The molecule has 0 aromatic heterocycles. The fourth-order valence-corrected chi connectivity index (χ4v) is 3.75. The largest absolute Gasteiger partial charge is 0.317 e. The summed E-state index contributed by atoms with van der Waals surface area (Å²) in [5.74, 6) is 0.767. The van der Waals surface area contributed by atoms with E-state index in [1.54, 1.807) is 0 Å². The van der Waals surface area contributed by atoms with E-state index in [0.29, 0.717) is 0 Å². The van der Waals surface area contributed by atoms with Gasteiger partial charge < -0.3 is 5.32 Å². The van der Waals surface area contributed by atoms with Crippen molar-refractivity contribution in [1.82, 2.24) is 5.32 Å². The molecule has 16 heavy (non-hydrogen) atoms. The van der Waals surface area contributed by atoms with E-state index in [1.165, 1.54) is 41.3 Å². The van der Waals surface area contributed by atoms with Gasteiger partial charge in [-0.15, -0.1) is 23.5 Å². The minimum atomic E-state index is 0.767. The highest BCUT2D eigenvalue weighted by molar-refractivity contribution is 8.01. The molecular weight excluding hydrogens is 234 g/mol. The van der Waals surface area contributed by atoms with E-state index in [-0.39, 0.29) is 0 Å². The number of thioether (sulfide) groups is 2. The first kappa shape index (κ1) is 12.3. The van der Waals surface area contributed by atoms with Crippen molar-refractivity contribution in [2.24, 2.45) is 0 Å². The first-order chi connectivity index (χ1) is 7.85. The minimum Gasteiger partial charge on any atom is -0.317 e. The second-order valence-electron chi connectivity index (χ2n) is 4.14. The average molecular weight is 253 g/mol. The quantitative estimate of drug-likeness (QED) is 0.827. The van der Waals surface area contributed by atoms with Crippen molar-refractivity contribution in [3.63, 3.8) is 0 Å². The van der Waals surface area contributed by atoms with Gasteiger partial charge in [0.2, 0.25) is 0 Å². The smallest absolute Gasteiger partial charge is 0.0208 e. The zero-order chi connectivity index (χ0) is 11.4. The van der Waals surface area contributed by atoms with E-state index in [1.807, 2.05) is 23.5 Å². The van der Waals surface area contributed by atoms with Crippen LogP contribution >= 0.6 is 23.5 Å². The summed E-state index contributed by atoms with van der Waals surface area (Å²) in [6, 6.07) is 7.00. The van der Waals surface area contributed by atoms with E-state index >= 15 is 0 Å². The minimum absolute atomic E-state index is 0.767. The lowest BCUT2D eigenvalue weighted by Gasteiger charge is -2.23. The SMILES string of the molecule is CSc1ccc(C2CCNCC2)cc1SC. The van der Waals surface area contributed by atoms with Gasteiger partial charge in [-0.05, 0) is 62.1 Å². The Bertz CT molecular complexity index is 346. The molecule has 3 heteroatoms. The van der Waals surface area contributed by atoms with E-state index < -0.39 is 0 Å². The summed E-state index contributed by atoms with van der Waals surface area (Å²) in [7, 11) is 0. The lowest BCUT2D eigenvalue weighted by Crippen LogP contribution is -2.26. The second-order valence-corrected chi connectivity index (χ2v) is 5.83. The summed E-state index contributed by atoms with van der Waals surface area (Å²) < 4.78 is 0. The molecule has 0 aliphatic carbocycles. The Balaban J connectivity index is 2.20. The van der Waals surface area contributed by atoms with Gasteiger partial charge in [0.25, 0.3) is 0 Å². The molecule has 1 aliphatic rings. The summed E-state index contributed by atoms with van der Waals surface area (Å²) in [6.07, 6.45) is 6.89. The summed E-state index contributed by atoms with van der Waals surface area (Å²) in [4.78, 5) is 2.84. The van der Waals surface area contributed by atoms with Gasteiger partial charge in [0.15, 0.2) is 0 Å². The third-order valence-corrected chi connectivity index (χ3v) is 4.92. The highest BCUT2D eigenvalue weighted by Crippen LogP contribution is 2.33. The Morgan fingerprint density at radius 2 is 1.75 bits per heavy atom. The number of hydrogen-bond donors (Lipinski definition) is 1. The van der Waals surface area contributed by atoms with Crippen molar-refractivity contribution in [2.75, 3.05) is 25.6 Å². The average Bonchev–Trinajstić information content (AvgIpc) is 2.39. The molecule has 1 nitrogen and oxygen atoms in total. The zero-order valence-corrected chi connectivity index (χ0v) is 11.6. The Kier molecular flexibility index (Phi) is 4.62. The summed E-state index contributed by atoms with van der Waals surface area (Å²) in [5, 5.41) is 3.43. The summed E-state index contributed by atoms with van der Waals surface area (Å²) >= 11 is 3.70. The number of nitrogens with one attached hydrogen (secondary N) is 1. The predicted octanol–water partition coefficient (Wildman–Crippen LogP) is 3.60. The molecule has 0 unspecified atom stereocenters. The van der Waals surface area contributed by atoms with Crippen molar-refractivity contribution in [3.8, 4) is 0 Å². The van der Waals surface area contributed by atoms with Crippen molar-refractivity contribution >= 4 is 23.5 Å². The van der Waals surface area contributed by atoms with Crippen molar-refractivity contribution < 1.29 is 0 Å². The standard InChI is InChI=1S/C13H19NS2/c1-15-12-4-3-11(9-13(12)16-2)10-5-7-14-8-6-10/h3-4,9-10,14H,5-8H2,1-2H3. The second kappa shape index (κ2) is 5.99. The van der Waals surface area contributed by atoms with Gasteiger partial charge in [0, 0.05) is 9.79 Å². The topological polar surface area (TPSA) is 12.0 Å². The molecule has 0 radical (unpaired) electrons. The maximum absolute atomic E-state index is 3.43. The lowest BCUT2D eigenvalue weighted by atomic mass is 9.90. The van der Waals surface area contributed by atoms with Gasteiger partial charge in [-0.1, -0.05) is 6.07 Å². The summed E-state index contributed by atoms with van der Waals surface area (Å²) in [6.45, 7) is 2.34. The van der Waals surface area contributed by atoms with Crippen LogP contribution in [0.3, 0.4) is 0 Å². The van der Waals surface area contributed by atoms with Crippen LogP contribution in [0.4, 0.5) is 0 Å². The maximum Gasteiger partial charge on any atom is 0.0208 e. The highest BCUT2D eigenvalue weighted by Gasteiger charge is 2.16. The molecule has 1 aromatic rings. The molecule has 1 aromatic carbocycles. The lowest BCUT2D eigenvalue weighted by molar-refractivity contribution is 0.460. The Hall–Kier alpha value is -0.120. The van der Waals surface area contributed by atoms with Gasteiger partial charge in [-0.2, -0.15) is 0 Å². The van der Waals surface area contributed by atoms with Gasteiger partial charge in [-0.3, -0.25) is 0 Å². The Morgan fingerprint density at radius 3 is 2.38 bits per heavy atom. The Morgan fingerprint density at radius 1 is 1.06 bits per heavy atom. The molecule has 0 spiro atoms. The monoisotopic (exact) mass is 253 g/mol. The molecule has 0 saturated carbocycles. The van der Waals surface area contributed by atoms with Crippen LogP contribution in [0.5, 0.6) is 0 Å². The molecule has 0 amide bonds. The Labute approximate surface area is 107 Å². The van der Waals surface area contributed by atoms with Gasteiger partial charge in [0.05, 0.1) is 0 Å². The molecule has 2 rings (SSSR count). The van der Waals surface area contributed by atoms with Crippen LogP contribution in [0.25, 0.3) is 0 Å². The van der Waals surface area contributed by atoms with Crippen LogP contribution in [0.2, 0.25) is 0 Å². The number of rotatable bonds is 3. The molecule has 0 bridgehead atoms. The van der Waals surface area contributed by atoms with Crippen LogP contribution in [0, 0.1) is 0 Å². The predicted molar refractivity (Wildman–Crippen MR) is 74.8 cm³/mol. The van der Waals surface area contributed by atoms with Gasteiger partial charge >= 0.3 is 0 Å². The molecule has 1 heterocycles. The maximum atomic E-state index is 3.43. The molecular formula is C13H19NS2. The van der Waals surface area contributed by atoms with Crippen LogP contribution in [0.1, 0.15) is 24.3 Å². The van der Waals surface area contributed by atoms with Crippen molar-refractivity contribution in [2.45, 2.75) is 28.6 Å². The highest BCUT2D eigenvalue weighted by atomic mass is 32.2. The molecule has 1 aliphatic heterocycles. The van der Waals surface area contributed by atoms with Gasteiger partial charge in [-0.25, -0.2) is 0 Å². The van der Waals surface area contributed by atoms with Crippen molar-refractivity contribution in [1.29, 1.82) is 0 Å². The summed E-state index contributed by atoms with van der Waals surface area (Å²) in [5.41, 5.74) is 1.53. The molecule has 1 fully saturated rings. The first-order valence-corrected chi connectivity index (χ1v) is 8.22. The first-order valence-electron chi connectivity index (χ1n) is 5.78. The molecule has 1 saturated heterocycles. The fraction of sp³-hybridized carbons (Fsp3) is 0.538. The molecule has 88 valence electrons. The number of hydrogen-bond acceptors (Lipinski definition) is 3. The van der Waals surface area contributed by atoms with Crippen LogP contribution in [-0.2, 0) is 0 Å².